The summed E-state index contributed by atoms with van der Waals surface area (Å²) >= 11 is 0. The predicted molar refractivity (Wildman–Crippen MR) is 88.1 cm³/mol. The Kier molecular flexibility index (Phi) is 2.81. The van der Waals surface area contributed by atoms with Crippen LogP contribution in [0.4, 0.5) is 0 Å². The van der Waals surface area contributed by atoms with E-state index in [-0.39, 0.29) is 5.56 Å². The van der Waals surface area contributed by atoms with Gasteiger partial charge >= 0.3 is 0 Å². The van der Waals surface area contributed by atoms with E-state index in [1.807, 2.05) is 51.1 Å². The molecule has 0 amide bonds. The quantitative estimate of drug-likeness (QED) is 0.541. The molecular formula is C17H15N5O. The molecule has 0 saturated heterocycles. The van der Waals surface area contributed by atoms with Crippen LogP contribution in [-0.4, -0.2) is 24.1 Å². The lowest BCUT2D eigenvalue weighted by atomic mass is 10.2. The molecule has 0 bridgehead atoms. The number of benzene rings is 1. The lowest BCUT2D eigenvalue weighted by Gasteiger charge is -2.09. The SMILES string of the molecule is Cc1ccc(-n2ccc3c(c(C)nc4nc(C)nn43)c2=O)cc1. The molecule has 0 saturated carbocycles. The fourth-order valence-electron chi connectivity index (χ4n) is 2.80. The Morgan fingerprint density at radius 3 is 2.43 bits per heavy atom. The average molecular weight is 305 g/mol. The van der Waals surface area contributed by atoms with Crippen molar-refractivity contribution in [2.75, 3.05) is 0 Å². The van der Waals surface area contributed by atoms with E-state index in [9.17, 15) is 4.79 Å². The summed E-state index contributed by atoms with van der Waals surface area (Å²) in [6, 6.07) is 9.72. The minimum absolute atomic E-state index is 0.105. The first-order valence-electron chi connectivity index (χ1n) is 7.37. The fraction of sp³-hybridized carbons (Fsp3) is 0.176. The number of pyridine rings is 1. The van der Waals surface area contributed by atoms with Crippen LogP contribution in [0.25, 0.3) is 22.4 Å². The van der Waals surface area contributed by atoms with E-state index < -0.39 is 0 Å². The lowest BCUT2D eigenvalue weighted by Crippen LogP contribution is -2.20. The van der Waals surface area contributed by atoms with Gasteiger partial charge in [-0.25, -0.2) is 4.98 Å². The second kappa shape index (κ2) is 4.74. The molecule has 0 aliphatic heterocycles. The number of aromatic nitrogens is 5. The van der Waals surface area contributed by atoms with Crippen molar-refractivity contribution in [3.05, 3.63) is 64.0 Å². The molecule has 4 rings (SSSR count). The number of hydrogen-bond acceptors (Lipinski definition) is 4. The third kappa shape index (κ3) is 2.03. The molecule has 0 aliphatic carbocycles. The summed E-state index contributed by atoms with van der Waals surface area (Å²) in [6.45, 7) is 5.65. The van der Waals surface area contributed by atoms with Crippen molar-refractivity contribution in [2.24, 2.45) is 0 Å². The second-order valence-corrected chi connectivity index (χ2v) is 5.65. The summed E-state index contributed by atoms with van der Waals surface area (Å²) in [6.07, 6.45) is 1.77. The van der Waals surface area contributed by atoms with Crippen LogP contribution in [0, 0.1) is 20.8 Å². The highest BCUT2D eigenvalue weighted by Crippen LogP contribution is 2.16. The number of fused-ring (bicyclic) bond motifs is 3. The molecule has 4 aromatic rings. The molecule has 0 aliphatic rings. The molecule has 6 heteroatoms. The van der Waals surface area contributed by atoms with Crippen LogP contribution in [0.5, 0.6) is 0 Å². The Morgan fingerprint density at radius 1 is 0.957 bits per heavy atom. The Morgan fingerprint density at radius 2 is 1.70 bits per heavy atom. The maximum atomic E-state index is 12.9. The zero-order chi connectivity index (χ0) is 16.1. The summed E-state index contributed by atoms with van der Waals surface area (Å²) < 4.78 is 3.25. The summed E-state index contributed by atoms with van der Waals surface area (Å²) in [4.78, 5) is 21.6. The maximum absolute atomic E-state index is 12.9. The van der Waals surface area contributed by atoms with Gasteiger partial charge in [-0.3, -0.25) is 9.36 Å². The normalized spacial score (nSPS) is 11.4. The molecule has 0 atom stereocenters. The number of rotatable bonds is 1. The van der Waals surface area contributed by atoms with Crippen molar-refractivity contribution in [3.8, 4) is 5.69 Å². The first-order chi connectivity index (χ1) is 11.0. The van der Waals surface area contributed by atoms with Gasteiger partial charge in [0.2, 0.25) is 0 Å². The van der Waals surface area contributed by atoms with Crippen LogP contribution in [0.1, 0.15) is 17.1 Å². The van der Waals surface area contributed by atoms with Crippen LogP contribution in [0.15, 0.2) is 41.3 Å². The molecule has 0 unspecified atom stereocenters. The topological polar surface area (TPSA) is 65.1 Å². The van der Waals surface area contributed by atoms with Crippen LogP contribution in [-0.2, 0) is 0 Å². The van der Waals surface area contributed by atoms with Gasteiger partial charge in [-0.1, -0.05) is 17.7 Å². The highest BCUT2D eigenvalue weighted by atomic mass is 16.1. The summed E-state index contributed by atoms with van der Waals surface area (Å²) in [7, 11) is 0. The van der Waals surface area contributed by atoms with Gasteiger partial charge < -0.3 is 0 Å². The minimum Gasteiger partial charge on any atom is -0.284 e. The Labute approximate surface area is 132 Å². The van der Waals surface area contributed by atoms with Crippen LogP contribution >= 0.6 is 0 Å². The summed E-state index contributed by atoms with van der Waals surface area (Å²) in [5, 5.41) is 4.89. The molecule has 3 heterocycles. The van der Waals surface area contributed by atoms with Crippen molar-refractivity contribution >= 4 is 16.7 Å². The van der Waals surface area contributed by atoms with E-state index >= 15 is 0 Å². The maximum Gasteiger partial charge on any atom is 0.266 e. The molecule has 114 valence electrons. The third-order valence-corrected chi connectivity index (χ3v) is 3.94. The Hall–Kier alpha value is -3.02. The van der Waals surface area contributed by atoms with Gasteiger partial charge in [0.1, 0.15) is 5.82 Å². The lowest BCUT2D eigenvalue weighted by molar-refractivity contribution is 0.933. The van der Waals surface area contributed by atoms with Crippen molar-refractivity contribution < 1.29 is 0 Å². The average Bonchev–Trinajstić information content (AvgIpc) is 2.89. The minimum atomic E-state index is -0.105. The van der Waals surface area contributed by atoms with E-state index in [2.05, 4.69) is 15.1 Å². The first-order valence-corrected chi connectivity index (χ1v) is 7.37. The summed E-state index contributed by atoms with van der Waals surface area (Å²) in [5.74, 6) is 1.15. The molecule has 6 nitrogen and oxygen atoms in total. The van der Waals surface area contributed by atoms with Crippen molar-refractivity contribution in [3.63, 3.8) is 0 Å². The van der Waals surface area contributed by atoms with Gasteiger partial charge in [0.25, 0.3) is 11.3 Å². The molecule has 0 N–H and O–H groups in total. The van der Waals surface area contributed by atoms with E-state index in [4.69, 9.17) is 0 Å². The summed E-state index contributed by atoms with van der Waals surface area (Å²) in [5.41, 5.74) is 3.26. The van der Waals surface area contributed by atoms with Gasteiger partial charge in [-0.2, -0.15) is 9.50 Å². The van der Waals surface area contributed by atoms with Crippen LogP contribution in [0.3, 0.4) is 0 Å². The molecule has 0 radical (unpaired) electrons. The van der Waals surface area contributed by atoms with Crippen LogP contribution in [0.2, 0.25) is 0 Å². The Bertz CT molecular complexity index is 1110. The number of aryl methyl sites for hydroxylation is 3. The monoisotopic (exact) mass is 305 g/mol. The zero-order valence-corrected chi connectivity index (χ0v) is 13.1. The molecular weight excluding hydrogens is 290 g/mol. The molecule has 0 fully saturated rings. The van der Waals surface area contributed by atoms with E-state index in [1.165, 1.54) is 0 Å². The van der Waals surface area contributed by atoms with Crippen molar-refractivity contribution in [1.82, 2.24) is 24.1 Å². The Balaban J connectivity index is 2.09. The highest BCUT2D eigenvalue weighted by Gasteiger charge is 2.13. The fourth-order valence-corrected chi connectivity index (χ4v) is 2.80. The van der Waals surface area contributed by atoms with E-state index in [0.717, 1.165) is 16.8 Å². The third-order valence-electron chi connectivity index (χ3n) is 3.94. The molecule has 23 heavy (non-hydrogen) atoms. The largest absolute Gasteiger partial charge is 0.284 e. The van der Waals surface area contributed by atoms with Crippen LogP contribution < -0.4 is 5.56 Å². The van der Waals surface area contributed by atoms with Gasteiger partial charge in [-0.15, -0.1) is 5.10 Å². The van der Waals surface area contributed by atoms with Crippen molar-refractivity contribution in [2.45, 2.75) is 20.8 Å². The van der Waals surface area contributed by atoms with E-state index in [1.54, 1.807) is 15.3 Å². The molecule has 3 aromatic heterocycles. The number of nitrogens with zero attached hydrogens (tertiary/aromatic N) is 5. The smallest absolute Gasteiger partial charge is 0.266 e. The van der Waals surface area contributed by atoms with Gasteiger partial charge in [0, 0.05) is 11.9 Å². The number of hydrogen-bond donors (Lipinski definition) is 0. The van der Waals surface area contributed by atoms with Gasteiger partial charge in [0.15, 0.2) is 0 Å². The van der Waals surface area contributed by atoms with E-state index in [0.29, 0.717) is 22.7 Å². The molecule has 0 spiro atoms. The second-order valence-electron chi connectivity index (χ2n) is 5.65. The van der Waals surface area contributed by atoms with Gasteiger partial charge in [0.05, 0.1) is 16.6 Å². The predicted octanol–water partition coefficient (Wildman–Crippen LogP) is 2.35. The van der Waals surface area contributed by atoms with Gasteiger partial charge in [-0.05, 0) is 39.0 Å². The standard InChI is InChI=1S/C17H15N5O/c1-10-4-6-13(7-5-10)21-9-8-14-15(16(21)23)11(2)18-17-19-12(3)20-22(14)17/h4-9H,1-3H3. The van der Waals surface area contributed by atoms with Crippen molar-refractivity contribution in [1.29, 1.82) is 0 Å². The highest BCUT2D eigenvalue weighted by molar-refractivity contribution is 5.82. The molecule has 1 aromatic carbocycles. The zero-order valence-electron chi connectivity index (χ0n) is 13.1. The first kappa shape index (κ1) is 13.6.